The molecular formula is C13H20N4S. The third kappa shape index (κ3) is 5.14. The highest BCUT2D eigenvalue weighted by Crippen LogP contribution is 2.10. The van der Waals surface area contributed by atoms with E-state index in [9.17, 15) is 0 Å². The zero-order chi connectivity index (χ0) is 13.5. The minimum Gasteiger partial charge on any atom is -0.378 e. The summed E-state index contributed by atoms with van der Waals surface area (Å²) < 4.78 is 0. The summed E-state index contributed by atoms with van der Waals surface area (Å²) in [5.41, 5.74) is 4.97. The molecule has 1 rings (SSSR count). The number of nitrogens with one attached hydrogen (secondary N) is 2. The Hall–Kier alpha value is -1.62. The molecule has 0 bridgehead atoms. The van der Waals surface area contributed by atoms with Crippen LogP contribution in [0.25, 0.3) is 0 Å². The van der Waals surface area contributed by atoms with E-state index in [4.69, 9.17) is 12.2 Å². The Bertz CT molecular complexity index is 410. The quantitative estimate of drug-likeness (QED) is 0.495. The van der Waals surface area contributed by atoms with Gasteiger partial charge < -0.3 is 10.2 Å². The van der Waals surface area contributed by atoms with Crippen molar-refractivity contribution in [2.75, 3.05) is 19.0 Å². The van der Waals surface area contributed by atoms with Gasteiger partial charge in [-0.1, -0.05) is 12.1 Å². The van der Waals surface area contributed by atoms with Gasteiger partial charge in [0.2, 0.25) is 0 Å². The van der Waals surface area contributed by atoms with Crippen LogP contribution >= 0.6 is 12.2 Å². The largest absolute Gasteiger partial charge is 0.378 e. The van der Waals surface area contributed by atoms with Gasteiger partial charge in [0.15, 0.2) is 5.11 Å². The van der Waals surface area contributed by atoms with Crippen molar-refractivity contribution in [2.45, 2.75) is 19.9 Å². The Balaban J connectivity index is 2.49. The third-order valence-corrected chi connectivity index (χ3v) is 2.42. The lowest BCUT2D eigenvalue weighted by molar-refractivity contribution is 0.720. The van der Waals surface area contributed by atoms with Gasteiger partial charge in [-0.3, -0.25) is 5.43 Å². The maximum atomic E-state index is 5.06. The van der Waals surface area contributed by atoms with E-state index in [-0.39, 0.29) is 0 Å². The summed E-state index contributed by atoms with van der Waals surface area (Å²) in [7, 11) is 4.03. The molecule has 98 valence electrons. The molecule has 0 aliphatic heterocycles. The van der Waals surface area contributed by atoms with E-state index in [0.717, 1.165) is 11.3 Å². The van der Waals surface area contributed by atoms with Gasteiger partial charge in [0, 0.05) is 25.8 Å². The number of benzene rings is 1. The fraction of sp³-hybridized carbons (Fsp3) is 0.385. The average Bonchev–Trinajstić information content (AvgIpc) is 2.28. The second kappa shape index (κ2) is 6.96. The molecule has 0 aliphatic rings. The van der Waals surface area contributed by atoms with Crippen molar-refractivity contribution in [1.29, 1.82) is 0 Å². The first-order valence-electron chi connectivity index (χ1n) is 5.86. The zero-order valence-corrected chi connectivity index (χ0v) is 12.1. The molecule has 0 aromatic heterocycles. The molecule has 0 unspecified atom stereocenters. The summed E-state index contributed by atoms with van der Waals surface area (Å²) in [4.78, 5) is 2.06. The molecular weight excluding hydrogens is 244 g/mol. The SMILES string of the molecule is CC(C)NC(=S)NN=Cc1ccc(N(C)C)cc1. The van der Waals surface area contributed by atoms with Crippen molar-refractivity contribution in [1.82, 2.24) is 10.7 Å². The first kappa shape index (κ1) is 14.4. The van der Waals surface area contributed by atoms with Crippen LogP contribution in [0.3, 0.4) is 0 Å². The van der Waals surface area contributed by atoms with Crippen molar-refractivity contribution in [3.05, 3.63) is 29.8 Å². The summed E-state index contributed by atoms with van der Waals surface area (Å²) >= 11 is 5.06. The number of hydrogen-bond donors (Lipinski definition) is 2. The number of anilines is 1. The van der Waals surface area contributed by atoms with Crippen LogP contribution in [0.15, 0.2) is 29.4 Å². The summed E-state index contributed by atoms with van der Waals surface area (Å²) in [6.07, 6.45) is 1.74. The Kier molecular flexibility index (Phi) is 5.58. The van der Waals surface area contributed by atoms with Crippen LogP contribution in [0.2, 0.25) is 0 Å². The highest BCUT2D eigenvalue weighted by Gasteiger charge is 1.96. The van der Waals surface area contributed by atoms with Crippen LogP contribution in [0.1, 0.15) is 19.4 Å². The topological polar surface area (TPSA) is 39.7 Å². The van der Waals surface area contributed by atoms with Crippen LogP contribution < -0.4 is 15.6 Å². The number of thiocarbonyl (C=S) groups is 1. The van der Waals surface area contributed by atoms with E-state index in [2.05, 4.69) is 20.7 Å². The summed E-state index contributed by atoms with van der Waals surface area (Å²) in [6.45, 7) is 4.05. The second-order valence-corrected chi connectivity index (χ2v) is 4.89. The third-order valence-electron chi connectivity index (χ3n) is 2.21. The van der Waals surface area contributed by atoms with Gasteiger partial charge in [-0.15, -0.1) is 0 Å². The zero-order valence-electron chi connectivity index (χ0n) is 11.3. The number of rotatable bonds is 4. The standard InChI is InChI=1S/C13H20N4S/c1-10(2)15-13(18)16-14-9-11-5-7-12(8-6-11)17(3)4/h5-10H,1-4H3,(H2,15,16,18). The summed E-state index contributed by atoms with van der Waals surface area (Å²) in [5, 5.41) is 7.66. The van der Waals surface area contributed by atoms with Crippen LogP contribution in [-0.4, -0.2) is 31.5 Å². The first-order chi connectivity index (χ1) is 8.49. The average molecular weight is 264 g/mol. The lowest BCUT2D eigenvalue weighted by Gasteiger charge is -2.11. The summed E-state index contributed by atoms with van der Waals surface area (Å²) in [5.74, 6) is 0. The molecule has 5 heteroatoms. The predicted molar refractivity (Wildman–Crippen MR) is 82.4 cm³/mol. The molecule has 1 aromatic carbocycles. The number of hydrazone groups is 1. The highest BCUT2D eigenvalue weighted by molar-refractivity contribution is 7.80. The molecule has 0 saturated heterocycles. The Morgan fingerprint density at radius 3 is 2.39 bits per heavy atom. The molecule has 0 aliphatic carbocycles. The Morgan fingerprint density at radius 1 is 1.28 bits per heavy atom. The molecule has 0 radical (unpaired) electrons. The monoisotopic (exact) mass is 264 g/mol. The Labute approximate surface area is 114 Å². The minimum absolute atomic E-state index is 0.305. The smallest absolute Gasteiger partial charge is 0.187 e. The maximum Gasteiger partial charge on any atom is 0.187 e. The summed E-state index contributed by atoms with van der Waals surface area (Å²) in [6, 6.07) is 8.43. The van der Waals surface area contributed by atoms with Crippen molar-refractivity contribution >= 4 is 29.2 Å². The molecule has 18 heavy (non-hydrogen) atoms. The van der Waals surface area contributed by atoms with Crippen LogP contribution in [0.4, 0.5) is 5.69 Å². The van der Waals surface area contributed by atoms with Crippen LogP contribution in [-0.2, 0) is 0 Å². The number of hydrogen-bond acceptors (Lipinski definition) is 3. The van der Waals surface area contributed by atoms with Crippen molar-refractivity contribution in [2.24, 2.45) is 5.10 Å². The lowest BCUT2D eigenvalue weighted by atomic mass is 10.2. The molecule has 0 atom stereocenters. The fourth-order valence-electron chi connectivity index (χ4n) is 1.32. The minimum atomic E-state index is 0.305. The van der Waals surface area contributed by atoms with Gasteiger partial charge in [-0.2, -0.15) is 5.10 Å². The molecule has 0 spiro atoms. The number of nitrogens with zero attached hydrogens (tertiary/aromatic N) is 2. The van der Waals surface area contributed by atoms with E-state index in [1.54, 1.807) is 6.21 Å². The van der Waals surface area contributed by atoms with E-state index in [1.165, 1.54) is 0 Å². The fourth-order valence-corrected chi connectivity index (χ4v) is 1.61. The van der Waals surface area contributed by atoms with Gasteiger partial charge in [0.05, 0.1) is 6.21 Å². The van der Waals surface area contributed by atoms with Crippen molar-refractivity contribution in [3.8, 4) is 0 Å². The molecule has 1 aromatic rings. The van der Waals surface area contributed by atoms with Crippen molar-refractivity contribution < 1.29 is 0 Å². The van der Waals surface area contributed by atoms with Crippen LogP contribution in [0, 0.1) is 0 Å². The van der Waals surface area contributed by atoms with Gasteiger partial charge >= 0.3 is 0 Å². The molecule has 0 fully saturated rings. The molecule has 2 N–H and O–H groups in total. The van der Waals surface area contributed by atoms with E-state index in [0.29, 0.717) is 11.2 Å². The predicted octanol–water partition coefficient (Wildman–Crippen LogP) is 1.96. The maximum absolute atomic E-state index is 5.06. The second-order valence-electron chi connectivity index (χ2n) is 4.48. The van der Waals surface area contributed by atoms with E-state index in [1.807, 2.05) is 52.2 Å². The van der Waals surface area contributed by atoms with Gasteiger partial charge in [0.25, 0.3) is 0 Å². The van der Waals surface area contributed by atoms with Crippen molar-refractivity contribution in [3.63, 3.8) is 0 Å². The first-order valence-corrected chi connectivity index (χ1v) is 6.27. The highest BCUT2D eigenvalue weighted by atomic mass is 32.1. The Morgan fingerprint density at radius 2 is 1.89 bits per heavy atom. The van der Waals surface area contributed by atoms with Gasteiger partial charge in [-0.25, -0.2) is 0 Å². The normalized spacial score (nSPS) is 10.7. The van der Waals surface area contributed by atoms with Gasteiger partial charge in [0.1, 0.15) is 0 Å². The van der Waals surface area contributed by atoms with E-state index >= 15 is 0 Å². The molecule has 0 heterocycles. The van der Waals surface area contributed by atoms with Gasteiger partial charge in [-0.05, 0) is 43.8 Å². The lowest BCUT2D eigenvalue weighted by Crippen LogP contribution is -2.36. The molecule has 0 amide bonds. The molecule has 0 saturated carbocycles. The van der Waals surface area contributed by atoms with Crippen LogP contribution in [0.5, 0.6) is 0 Å². The van der Waals surface area contributed by atoms with E-state index < -0.39 is 0 Å². The molecule has 4 nitrogen and oxygen atoms in total.